The smallest absolute Gasteiger partial charge is 0.307 e. The van der Waals surface area contributed by atoms with Crippen LogP contribution in [0.1, 0.15) is 12.0 Å². The molecule has 0 saturated carbocycles. The summed E-state index contributed by atoms with van der Waals surface area (Å²) in [6.45, 7) is 0. The molecule has 0 radical (unpaired) electrons. The zero-order valence-electron chi connectivity index (χ0n) is 6.97. The number of aromatic hydroxyl groups is 1. The Bertz CT molecular complexity index is 329. The summed E-state index contributed by atoms with van der Waals surface area (Å²) >= 11 is 0. The van der Waals surface area contributed by atoms with Gasteiger partial charge in [0.25, 0.3) is 0 Å². The molecule has 2 N–H and O–H groups in total. The minimum absolute atomic E-state index is 0.00431. The minimum atomic E-state index is -0.864. The van der Waals surface area contributed by atoms with Crippen LogP contribution in [-0.2, 0) is 4.79 Å². The zero-order valence-corrected chi connectivity index (χ0v) is 6.97. The molecule has 13 heavy (non-hydrogen) atoms. The number of carboxylic acid groups (broad SMARTS) is 1. The average Bonchev–Trinajstić information content (AvgIpc) is 2.03. The van der Waals surface area contributed by atoms with Crippen LogP contribution in [0.5, 0.6) is 5.75 Å². The van der Waals surface area contributed by atoms with Gasteiger partial charge in [-0.2, -0.15) is 0 Å². The van der Waals surface area contributed by atoms with Crippen LogP contribution in [0, 0.1) is 0 Å². The van der Waals surface area contributed by atoms with E-state index in [1.807, 2.05) is 0 Å². The van der Waals surface area contributed by atoms with E-state index in [0.29, 0.717) is 0 Å². The first kappa shape index (κ1) is 9.32. The van der Waals surface area contributed by atoms with Crippen molar-refractivity contribution in [3.8, 4) is 5.75 Å². The van der Waals surface area contributed by atoms with Gasteiger partial charge in [-0.3, -0.25) is 4.79 Å². The van der Waals surface area contributed by atoms with Crippen molar-refractivity contribution in [3.63, 3.8) is 0 Å². The van der Waals surface area contributed by atoms with Crippen LogP contribution in [0.25, 0.3) is 6.08 Å². The van der Waals surface area contributed by atoms with Gasteiger partial charge in [0.05, 0.1) is 6.42 Å². The van der Waals surface area contributed by atoms with Crippen molar-refractivity contribution in [2.45, 2.75) is 6.42 Å². The Hall–Kier alpha value is -1.77. The lowest BCUT2D eigenvalue weighted by Crippen LogP contribution is -1.89. The van der Waals surface area contributed by atoms with E-state index in [-0.39, 0.29) is 12.2 Å². The predicted octanol–water partition coefficient (Wildman–Crippen LogP) is 1.88. The van der Waals surface area contributed by atoms with Crippen LogP contribution in [0.3, 0.4) is 0 Å². The van der Waals surface area contributed by atoms with Gasteiger partial charge in [-0.1, -0.05) is 24.3 Å². The fourth-order valence-electron chi connectivity index (χ4n) is 0.924. The fourth-order valence-corrected chi connectivity index (χ4v) is 0.924. The number of carboxylic acids is 1. The normalized spacial score (nSPS) is 10.5. The van der Waals surface area contributed by atoms with Crippen molar-refractivity contribution < 1.29 is 15.0 Å². The van der Waals surface area contributed by atoms with E-state index in [2.05, 4.69) is 0 Å². The highest BCUT2D eigenvalue weighted by Crippen LogP contribution is 2.12. The summed E-state index contributed by atoms with van der Waals surface area (Å²) in [5.41, 5.74) is 0.793. The molecule has 0 heterocycles. The molecule has 0 atom stereocenters. The Morgan fingerprint density at radius 1 is 1.46 bits per heavy atom. The number of aliphatic carboxylic acids is 1. The maximum Gasteiger partial charge on any atom is 0.307 e. The van der Waals surface area contributed by atoms with Crippen LogP contribution < -0.4 is 0 Å². The predicted molar refractivity (Wildman–Crippen MR) is 49.4 cm³/mol. The van der Waals surface area contributed by atoms with E-state index < -0.39 is 5.97 Å². The van der Waals surface area contributed by atoms with E-state index in [1.165, 1.54) is 6.08 Å². The highest BCUT2D eigenvalue weighted by atomic mass is 16.4. The minimum Gasteiger partial charge on any atom is -0.508 e. The molecular weight excluding hydrogens is 168 g/mol. The van der Waals surface area contributed by atoms with Gasteiger partial charge in [-0.05, 0) is 17.7 Å². The summed E-state index contributed by atoms with van der Waals surface area (Å²) in [6.07, 6.45) is 3.20. The average molecular weight is 178 g/mol. The first-order chi connectivity index (χ1) is 6.18. The molecule has 0 saturated heterocycles. The Labute approximate surface area is 76.0 Å². The largest absolute Gasteiger partial charge is 0.508 e. The van der Waals surface area contributed by atoms with Gasteiger partial charge in [0, 0.05) is 0 Å². The van der Waals surface area contributed by atoms with Crippen LogP contribution in [-0.4, -0.2) is 16.2 Å². The number of hydrogen-bond donors (Lipinski definition) is 2. The van der Waals surface area contributed by atoms with Gasteiger partial charge >= 0.3 is 5.97 Å². The number of hydrogen-bond acceptors (Lipinski definition) is 2. The highest BCUT2D eigenvalue weighted by molar-refractivity contribution is 5.70. The number of phenolic OH excluding ortho intramolecular Hbond substituents is 1. The molecule has 0 bridgehead atoms. The molecular formula is C10H10O3. The monoisotopic (exact) mass is 178 g/mol. The van der Waals surface area contributed by atoms with Crippen LogP contribution in [0.4, 0.5) is 0 Å². The molecule has 0 fully saturated rings. The molecule has 68 valence electrons. The first-order valence-corrected chi connectivity index (χ1v) is 3.86. The van der Waals surface area contributed by atoms with Gasteiger partial charge < -0.3 is 10.2 Å². The molecule has 0 aliphatic heterocycles. The summed E-state index contributed by atoms with van der Waals surface area (Å²) in [5, 5.41) is 17.4. The summed E-state index contributed by atoms with van der Waals surface area (Å²) < 4.78 is 0. The second-order valence-electron chi connectivity index (χ2n) is 2.60. The maximum atomic E-state index is 10.2. The molecule has 1 rings (SSSR count). The van der Waals surface area contributed by atoms with Crippen LogP contribution in [0.15, 0.2) is 30.3 Å². The standard InChI is InChI=1S/C10H10O3/c11-9-5-1-3-8(7-9)4-2-6-10(12)13/h1-5,7,11H,6H2,(H,12,13)/b4-2-. The van der Waals surface area contributed by atoms with Crippen molar-refractivity contribution in [1.82, 2.24) is 0 Å². The zero-order chi connectivity index (χ0) is 9.68. The molecule has 0 amide bonds. The molecule has 0 aliphatic carbocycles. The highest BCUT2D eigenvalue weighted by Gasteiger charge is 1.91. The molecule has 1 aromatic rings. The van der Waals surface area contributed by atoms with Crippen molar-refractivity contribution >= 4 is 12.0 Å². The van der Waals surface area contributed by atoms with E-state index >= 15 is 0 Å². The summed E-state index contributed by atoms with van der Waals surface area (Å²) in [7, 11) is 0. The van der Waals surface area contributed by atoms with Crippen LogP contribution >= 0.6 is 0 Å². The van der Waals surface area contributed by atoms with Crippen LogP contribution in [0.2, 0.25) is 0 Å². The molecule has 0 unspecified atom stereocenters. The summed E-state index contributed by atoms with van der Waals surface area (Å²) in [6, 6.07) is 6.63. The second kappa shape index (κ2) is 4.30. The third kappa shape index (κ3) is 3.42. The van der Waals surface area contributed by atoms with Gasteiger partial charge in [0.1, 0.15) is 5.75 Å². The van der Waals surface area contributed by atoms with Crippen molar-refractivity contribution in [3.05, 3.63) is 35.9 Å². The van der Waals surface area contributed by atoms with Crippen molar-refractivity contribution in [2.75, 3.05) is 0 Å². The number of carbonyl (C=O) groups is 1. The SMILES string of the molecule is O=C(O)C/C=C\c1cccc(O)c1. The number of phenols is 1. The number of benzene rings is 1. The van der Waals surface area contributed by atoms with Gasteiger partial charge in [-0.15, -0.1) is 0 Å². The molecule has 0 spiro atoms. The molecule has 3 heteroatoms. The second-order valence-corrected chi connectivity index (χ2v) is 2.60. The Morgan fingerprint density at radius 2 is 2.23 bits per heavy atom. The first-order valence-electron chi connectivity index (χ1n) is 3.86. The van der Waals surface area contributed by atoms with Gasteiger partial charge in [-0.25, -0.2) is 0 Å². The lowest BCUT2D eigenvalue weighted by Gasteiger charge is -1.93. The summed E-state index contributed by atoms with van der Waals surface area (Å²) in [5.74, 6) is -0.686. The van der Waals surface area contributed by atoms with E-state index in [4.69, 9.17) is 10.2 Å². The van der Waals surface area contributed by atoms with E-state index in [1.54, 1.807) is 30.3 Å². The van der Waals surface area contributed by atoms with E-state index in [9.17, 15) is 4.79 Å². The Kier molecular flexibility index (Phi) is 3.09. The molecule has 3 nitrogen and oxygen atoms in total. The third-order valence-electron chi connectivity index (χ3n) is 1.47. The lowest BCUT2D eigenvalue weighted by atomic mass is 10.2. The molecule has 1 aromatic carbocycles. The quantitative estimate of drug-likeness (QED) is 0.742. The fraction of sp³-hybridized carbons (Fsp3) is 0.100. The summed E-state index contributed by atoms with van der Waals surface area (Å²) in [4.78, 5) is 10.2. The van der Waals surface area contributed by atoms with Gasteiger partial charge in [0.2, 0.25) is 0 Å². The Morgan fingerprint density at radius 3 is 2.85 bits per heavy atom. The van der Waals surface area contributed by atoms with Gasteiger partial charge in [0.15, 0.2) is 0 Å². The maximum absolute atomic E-state index is 10.2. The topological polar surface area (TPSA) is 57.5 Å². The van der Waals surface area contributed by atoms with E-state index in [0.717, 1.165) is 5.56 Å². The Balaban J connectivity index is 2.63. The van der Waals surface area contributed by atoms with Crippen molar-refractivity contribution in [1.29, 1.82) is 0 Å². The number of rotatable bonds is 3. The van der Waals surface area contributed by atoms with Crippen molar-refractivity contribution in [2.24, 2.45) is 0 Å². The molecule has 0 aromatic heterocycles. The third-order valence-corrected chi connectivity index (χ3v) is 1.47. The lowest BCUT2D eigenvalue weighted by molar-refractivity contribution is -0.135. The molecule has 0 aliphatic rings.